The molecule has 1 saturated carbocycles. The van der Waals surface area contributed by atoms with Crippen LogP contribution in [0.4, 0.5) is 0 Å². The van der Waals surface area contributed by atoms with Gasteiger partial charge < -0.3 is 4.98 Å². The van der Waals surface area contributed by atoms with E-state index < -0.39 is 0 Å². The molecule has 1 N–H and O–H groups in total. The molecule has 0 atom stereocenters. The summed E-state index contributed by atoms with van der Waals surface area (Å²) in [6.07, 6.45) is 4.80. The van der Waals surface area contributed by atoms with Crippen molar-refractivity contribution in [2.75, 3.05) is 0 Å². The standard InChI is InChI=1S/C16H17IN2O/c1-10-6-8-12(9-7-10)15-18-14(11-4-2-3-5-11)13(17)16(20)19-15/h6-9,11H,2-5H2,1H3,(H,18,19,20). The fourth-order valence-corrected chi connectivity index (χ4v) is 3.49. The maximum atomic E-state index is 12.2. The van der Waals surface area contributed by atoms with Crippen molar-refractivity contribution in [2.45, 2.75) is 38.5 Å². The molecule has 0 amide bonds. The van der Waals surface area contributed by atoms with Crippen molar-refractivity contribution < 1.29 is 0 Å². The Labute approximate surface area is 132 Å². The van der Waals surface area contributed by atoms with E-state index in [4.69, 9.17) is 4.98 Å². The van der Waals surface area contributed by atoms with Crippen LogP contribution < -0.4 is 5.56 Å². The molecule has 2 aromatic rings. The summed E-state index contributed by atoms with van der Waals surface area (Å²) < 4.78 is 0.755. The van der Waals surface area contributed by atoms with E-state index in [0.717, 1.165) is 27.7 Å². The molecule has 0 unspecified atom stereocenters. The zero-order valence-corrected chi connectivity index (χ0v) is 13.6. The first-order chi connectivity index (χ1) is 9.65. The number of aryl methyl sites for hydroxylation is 1. The van der Waals surface area contributed by atoms with Crippen molar-refractivity contribution in [1.82, 2.24) is 9.97 Å². The smallest absolute Gasteiger partial charge is 0.264 e. The van der Waals surface area contributed by atoms with Gasteiger partial charge >= 0.3 is 0 Å². The normalized spacial score (nSPS) is 15.7. The van der Waals surface area contributed by atoms with Gasteiger partial charge in [-0.1, -0.05) is 42.7 Å². The highest BCUT2D eigenvalue weighted by Gasteiger charge is 2.23. The average molecular weight is 380 g/mol. The van der Waals surface area contributed by atoms with Crippen molar-refractivity contribution in [3.8, 4) is 11.4 Å². The minimum atomic E-state index is -0.0157. The molecule has 0 bridgehead atoms. The Bertz CT molecular complexity index is 670. The van der Waals surface area contributed by atoms with Gasteiger partial charge in [0.25, 0.3) is 5.56 Å². The van der Waals surface area contributed by atoms with E-state index in [0.29, 0.717) is 11.7 Å². The number of nitrogens with zero attached hydrogens (tertiary/aromatic N) is 1. The number of rotatable bonds is 2. The monoisotopic (exact) mass is 380 g/mol. The van der Waals surface area contributed by atoms with Crippen LogP contribution in [0.5, 0.6) is 0 Å². The highest BCUT2D eigenvalue weighted by molar-refractivity contribution is 14.1. The maximum absolute atomic E-state index is 12.2. The topological polar surface area (TPSA) is 45.8 Å². The van der Waals surface area contributed by atoms with E-state index in [1.165, 1.54) is 18.4 Å². The lowest BCUT2D eigenvalue weighted by Crippen LogP contribution is -2.17. The molecule has 1 heterocycles. The molecule has 0 aliphatic heterocycles. The van der Waals surface area contributed by atoms with Crippen molar-refractivity contribution in [1.29, 1.82) is 0 Å². The van der Waals surface area contributed by atoms with E-state index in [2.05, 4.69) is 34.5 Å². The molecule has 3 nitrogen and oxygen atoms in total. The summed E-state index contributed by atoms with van der Waals surface area (Å²) in [6, 6.07) is 8.11. The van der Waals surface area contributed by atoms with Crippen LogP contribution in [0.3, 0.4) is 0 Å². The Hall–Kier alpha value is -1.17. The number of nitrogens with one attached hydrogen (secondary N) is 1. The fourth-order valence-electron chi connectivity index (χ4n) is 2.79. The minimum absolute atomic E-state index is 0.0157. The highest BCUT2D eigenvalue weighted by Crippen LogP contribution is 2.34. The Kier molecular flexibility index (Phi) is 3.92. The van der Waals surface area contributed by atoms with E-state index in [1.807, 2.05) is 24.3 Å². The Morgan fingerprint density at radius 3 is 2.50 bits per heavy atom. The largest absolute Gasteiger partial charge is 0.306 e. The number of halogens is 1. The van der Waals surface area contributed by atoms with Gasteiger partial charge in [0.1, 0.15) is 5.82 Å². The zero-order chi connectivity index (χ0) is 14.1. The van der Waals surface area contributed by atoms with Gasteiger partial charge in [-0.3, -0.25) is 4.79 Å². The second-order valence-corrected chi connectivity index (χ2v) is 6.54. The van der Waals surface area contributed by atoms with Gasteiger partial charge in [-0.2, -0.15) is 0 Å². The molecule has 1 aliphatic rings. The number of aromatic amines is 1. The summed E-state index contributed by atoms with van der Waals surface area (Å²) in [4.78, 5) is 19.8. The molecule has 1 aromatic heterocycles. The highest BCUT2D eigenvalue weighted by atomic mass is 127. The number of H-pyrrole nitrogens is 1. The molecule has 1 aliphatic carbocycles. The number of hydrogen-bond acceptors (Lipinski definition) is 2. The van der Waals surface area contributed by atoms with E-state index in [1.54, 1.807) is 0 Å². The van der Waals surface area contributed by atoms with Gasteiger partial charge in [0.2, 0.25) is 0 Å². The summed E-state index contributed by atoms with van der Waals surface area (Å²) in [5.41, 5.74) is 3.15. The maximum Gasteiger partial charge on any atom is 0.264 e. The third-order valence-electron chi connectivity index (χ3n) is 3.96. The molecule has 20 heavy (non-hydrogen) atoms. The van der Waals surface area contributed by atoms with Crippen LogP contribution in [0.25, 0.3) is 11.4 Å². The van der Waals surface area contributed by atoms with Crippen molar-refractivity contribution in [3.05, 3.63) is 49.4 Å². The van der Waals surface area contributed by atoms with Gasteiger partial charge in [-0.15, -0.1) is 0 Å². The van der Waals surface area contributed by atoms with Crippen LogP contribution in [-0.2, 0) is 0 Å². The predicted octanol–water partition coefficient (Wildman–Crippen LogP) is 4.01. The van der Waals surface area contributed by atoms with Crippen molar-refractivity contribution >= 4 is 22.6 Å². The summed E-state index contributed by atoms with van der Waals surface area (Å²) in [6.45, 7) is 2.05. The second kappa shape index (κ2) is 5.68. The van der Waals surface area contributed by atoms with Gasteiger partial charge in [0.05, 0.1) is 9.26 Å². The van der Waals surface area contributed by atoms with E-state index in [-0.39, 0.29) is 5.56 Å². The average Bonchev–Trinajstić information content (AvgIpc) is 2.96. The number of aromatic nitrogens is 2. The minimum Gasteiger partial charge on any atom is -0.306 e. The number of benzene rings is 1. The molecular formula is C16H17IN2O. The molecular weight excluding hydrogens is 363 g/mol. The first-order valence-corrected chi connectivity index (χ1v) is 8.10. The lowest BCUT2D eigenvalue weighted by atomic mass is 10.0. The SMILES string of the molecule is Cc1ccc(-c2nc(C3CCCC3)c(I)c(=O)[nH]2)cc1. The van der Waals surface area contributed by atoms with Crippen LogP contribution in [0.1, 0.15) is 42.9 Å². The van der Waals surface area contributed by atoms with Crippen LogP contribution in [0, 0.1) is 10.5 Å². The molecule has 104 valence electrons. The predicted molar refractivity (Wildman–Crippen MR) is 89.0 cm³/mol. The van der Waals surface area contributed by atoms with Gasteiger partial charge in [-0.05, 0) is 42.4 Å². The molecule has 4 heteroatoms. The van der Waals surface area contributed by atoms with E-state index in [9.17, 15) is 4.79 Å². The van der Waals surface area contributed by atoms with Crippen LogP contribution in [0.2, 0.25) is 0 Å². The summed E-state index contributed by atoms with van der Waals surface area (Å²) >= 11 is 2.13. The molecule has 0 spiro atoms. The zero-order valence-electron chi connectivity index (χ0n) is 11.4. The van der Waals surface area contributed by atoms with Gasteiger partial charge in [0, 0.05) is 11.5 Å². The Morgan fingerprint density at radius 1 is 1.20 bits per heavy atom. The van der Waals surface area contributed by atoms with Crippen LogP contribution in [-0.4, -0.2) is 9.97 Å². The Morgan fingerprint density at radius 2 is 1.85 bits per heavy atom. The summed E-state index contributed by atoms with van der Waals surface area (Å²) in [5, 5.41) is 0. The lowest BCUT2D eigenvalue weighted by molar-refractivity contribution is 0.687. The quantitative estimate of drug-likeness (QED) is 0.801. The van der Waals surface area contributed by atoms with E-state index >= 15 is 0 Å². The van der Waals surface area contributed by atoms with Gasteiger partial charge in [0.15, 0.2) is 0 Å². The first-order valence-electron chi connectivity index (χ1n) is 7.02. The first kappa shape index (κ1) is 13.8. The van der Waals surface area contributed by atoms with Crippen molar-refractivity contribution in [3.63, 3.8) is 0 Å². The van der Waals surface area contributed by atoms with Gasteiger partial charge in [-0.25, -0.2) is 4.98 Å². The second-order valence-electron chi connectivity index (χ2n) is 5.46. The van der Waals surface area contributed by atoms with Crippen molar-refractivity contribution in [2.24, 2.45) is 0 Å². The third kappa shape index (κ3) is 2.66. The third-order valence-corrected chi connectivity index (χ3v) is 5.00. The Balaban J connectivity index is 2.08. The molecule has 1 fully saturated rings. The fraction of sp³-hybridized carbons (Fsp3) is 0.375. The molecule has 0 radical (unpaired) electrons. The molecule has 1 aromatic carbocycles. The van der Waals surface area contributed by atoms with Crippen LogP contribution >= 0.6 is 22.6 Å². The lowest BCUT2D eigenvalue weighted by Gasteiger charge is -2.12. The molecule has 0 saturated heterocycles. The summed E-state index contributed by atoms with van der Waals surface area (Å²) in [7, 11) is 0. The molecule has 3 rings (SSSR count). The number of hydrogen-bond donors (Lipinski definition) is 1. The summed E-state index contributed by atoms with van der Waals surface area (Å²) in [5.74, 6) is 1.14. The van der Waals surface area contributed by atoms with Crippen LogP contribution in [0.15, 0.2) is 29.1 Å².